The summed E-state index contributed by atoms with van der Waals surface area (Å²) in [5.74, 6) is 0.159. The van der Waals surface area contributed by atoms with Crippen molar-refractivity contribution in [2.45, 2.75) is 25.4 Å². The summed E-state index contributed by atoms with van der Waals surface area (Å²) in [6, 6.07) is 0.0419. The summed E-state index contributed by atoms with van der Waals surface area (Å²) in [4.78, 5) is 13.3. The van der Waals surface area contributed by atoms with E-state index in [9.17, 15) is 13.2 Å². The van der Waals surface area contributed by atoms with Crippen LogP contribution in [0, 0.1) is 0 Å². The quantitative estimate of drug-likeness (QED) is 0.727. The van der Waals surface area contributed by atoms with Gasteiger partial charge in [-0.15, -0.1) is 5.10 Å². The van der Waals surface area contributed by atoms with E-state index in [-0.39, 0.29) is 11.9 Å². The van der Waals surface area contributed by atoms with Crippen molar-refractivity contribution in [3.63, 3.8) is 0 Å². The number of nitrogens with zero attached hydrogens (tertiary/aromatic N) is 5. The lowest BCUT2D eigenvalue weighted by Crippen LogP contribution is -2.50. The van der Waals surface area contributed by atoms with Gasteiger partial charge in [0, 0.05) is 26.1 Å². The summed E-state index contributed by atoms with van der Waals surface area (Å²) in [5.41, 5.74) is 0.748. The first-order chi connectivity index (χ1) is 9.43. The van der Waals surface area contributed by atoms with Crippen LogP contribution in [0.5, 0.6) is 0 Å². The first-order valence-electron chi connectivity index (χ1n) is 6.57. The van der Waals surface area contributed by atoms with Crippen LogP contribution in [0.15, 0.2) is 6.20 Å². The van der Waals surface area contributed by atoms with Crippen molar-refractivity contribution in [1.82, 2.24) is 24.2 Å². The molecule has 0 aromatic carbocycles. The van der Waals surface area contributed by atoms with Crippen molar-refractivity contribution in [1.29, 1.82) is 0 Å². The van der Waals surface area contributed by atoms with E-state index in [1.807, 2.05) is 0 Å². The van der Waals surface area contributed by atoms with Crippen LogP contribution in [-0.4, -0.2) is 64.4 Å². The molecule has 2 aliphatic heterocycles. The van der Waals surface area contributed by atoms with Crippen LogP contribution in [0.1, 0.15) is 24.6 Å². The topological polar surface area (TPSA) is 88.4 Å². The van der Waals surface area contributed by atoms with Gasteiger partial charge in [-0.05, 0) is 6.42 Å². The van der Waals surface area contributed by atoms with E-state index >= 15 is 0 Å². The molecule has 2 saturated heterocycles. The van der Waals surface area contributed by atoms with Gasteiger partial charge in [-0.2, -0.15) is 4.31 Å². The number of amides is 1. The number of carbonyl (C=O) groups excluding carboxylic acids is 1. The van der Waals surface area contributed by atoms with Crippen LogP contribution in [0.3, 0.4) is 0 Å². The third kappa shape index (κ3) is 2.55. The molecule has 2 aliphatic rings. The Bertz CT molecular complexity index is 620. The fraction of sp³-hybridized carbons (Fsp3) is 0.727. The molecule has 1 amide bonds. The molecule has 9 heteroatoms. The van der Waals surface area contributed by atoms with Crippen molar-refractivity contribution in [3.05, 3.63) is 11.9 Å². The van der Waals surface area contributed by atoms with Gasteiger partial charge in [0.2, 0.25) is 15.9 Å². The van der Waals surface area contributed by atoms with E-state index in [2.05, 4.69) is 10.3 Å². The van der Waals surface area contributed by atoms with E-state index in [0.717, 1.165) is 18.7 Å². The number of rotatable bonds is 4. The van der Waals surface area contributed by atoms with Gasteiger partial charge in [0.1, 0.15) is 5.69 Å². The zero-order valence-corrected chi connectivity index (χ0v) is 12.1. The lowest BCUT2D eigenvalue weighted by Gasteiger charge is -2.36. The number of aromatic nitrogens is 3. The molecule has 0 unspecified atom stereocenters. The van der Waals surface area contributed by atoms with Crippen LogP contribution in [0.25, 0.3) is 0 Å². The largest absolute Gasteiger partial charge is 0.337 e. The van der Waals surface area contributed by atoms with Gasteiger partial charge in [0.15, 0.2) is 0 Å². The molecular formula is C11H17N5O3S. The van der Waals surface area contributed by atoms with Gasteiger partial charge >= 0.3 is 0 Å². The van der Waals surface area contributed by atoms with Crippen molar-refractivity contribution in [2.75, 3.05) is 25.9 Å². The zero-order valence-electron chi connectivity index (χ0n) is 11.3. The highest BCUT2D eigenvalue weighted by molar-refractivity contribution is 7.88. The predicted octanol–water partition coefficient (Wildman–Crippen LogP) is -0.783. The number of carbonyl (C=O) groups is 1. The first kappa shape index (κ1) is 13.5. The summed E-state index contributed by atoms with van der Waals surface area (Å²) in [6.07, 6.45) is 4.52. The molecule has 3 rings (SSSR count). The van der Waals surface area contributed by atoms with Crippen molar-refractivity contribution < 1.29 is 13.2 Å². The second-order valence-electron chi connectivity index (χ2n) is 5.34. The predicted molar refractivity (Wildman–Crippen MR) is 70.1 cm³/mol. The van der Waals surface area contributed by atoms with Crippen LogP contribution < -0.4 is 0 Å². The molecule has 8 nitrogen and oxygen atoms in total. The lowest BCUT2D eigenvalue weighted by molar-refractivity contribution is -0.128. The number of likely N-dealkylation sites (tertiary alicyclic amines) is 1. The number of hydrogen-bond acceptors (Lipinski definition) is 5. The van der Waals surface area contributed by atoms with Crippen molar-refractivity contribution in [3.8, 4) is 0 Å². The fourth-order valence-electron chi connectivity index (χ4n) is 2.49. The van der Waals surface area contributed by atoms with Gasteiger partial charge in [0.25, 0.3) is 0 Å². The fourth-order valence-corrected chi connectivity index (χ4v) is 3.37. The average Bonchev–Trinajstić information content (AvgIpc) is 2.86. The maximum atomic E-state index is 11.5. The molecular weight excluding hydrogens is 282 g/mol. The van der Waals surface area contributed by atoms with E-state index in [0.29, 0.717) is 26.1 Å². The molecule has 2 fully saturated rings. The zero-order chi connectivity index (χ0) is 14.3. The molecule has 3 heterocycles. The van der Waals surface area contributed by atoms with E-state index in [4.69, 9.17) is 0 Å². The third-order valence-corrected chi connectivity index (χ3v) is 4.99. The standard InChI is InChI=1S/C11H17N5O3S/c1-20(18,19)15-7-10(8-15)16-6-9(12-13-16)5-14-4-2-3-11(14)17/h6,10H,2-5,7-8H2,1H3. The maximum absolute atomic E-state index is 11.5. The Morgan fingerprint density at radius 3 is 2.75 bits per heavy atom. The third-order valence-electron chi connectivity index (χ3n) is 3.75. The summed E-state index contributed by atoms with van der Waals surface area (Å²) in [7, 11) is -3.11. The van der Waals surface area contributed by atoms with Gasteiger partial charge in [-0.25, -0.2) is 13.1 Å². The van der Waals surface area contributed by atoms with Crippen LogP contribution >= 0.6 is 0 Å². The van der Waals surface area contributed by atoms with E-state index < -0.39 is 10.0 Å². The minimum Gasteiger partial charge on any atom is -0.337 e. The Morgan fingerprint density at radius 2 is 2.15 bits per heavy atom. The molecule has 0 bridgehead atoms. The van der Waals surface area contributed by atoms with Crippen LogP contribution in [-0.2, 0) is 21.4 Å². The molecule has 1 aromatic heterocycles. The monoisotopic (exact) mass is 299 g/mol. The SMILES string of the molecule is CS(=O)(=O)N1CC(n2cc(CN3CCCC3=O)nn2)C1. The molecule has 0 radical (unpaired) electrons. The van der Waals surface area contributed by atoms with Crippen molar-refractivity contribution in [2.24, 2.45) is 0 Å². The molecule has 1 aromatic rings. The minimum absolute atomic E-state index is 0.0419. The lowest BCUT2D eigenvalue weighted by atomic mass is 10.2. The molecule has 0 aliphatic carbocycles. The number of sulfonamides is 1. The second-order valence-corrected chi connectivity index (χ2v) is 7.32. The summed E-state index contributed by atoms with van der Waals surface area (Å²) < 4.78 is 25.7. The minimum atomic E-state index is -3.11. The first-order valence-corrected chi connectivity index (χ1v) is 8.42. The van der Waals surface area contributed by atoms with Crippen LogP contribution in [0.4, 0.5) is 0 Å². The van der Waals surface area contributed by atoms with Gasteiger partial charge < -0.3 is 4.90 Å². The highest BCUT2D eigenvalue weighted by Gasteiger charge is 2.35. The maximum Gasteiger partial charge on any atom is 0.222 e. The summed E-state index contributed by atoms with van der Waals surface area (Å²) >= 11 is 0. The molecule has 0 atom stereocenters. The Kier molecular flexibility index (Phi) is 3.25. The number of hydrogen-bond donors (Lipinski definition) is 0. The highest BCUT2D eigenvalue weighted by atomic mass is 32.2. The Morgan fingerprint density at radius 1 is 1.40 bits per heavy atom. The smallest absolute Gasteiger partial charge is 0.222 e. The molecule has 0 N–H and O–H groups in total. The van der Waals surface area contributed by atoms with Gasteiger partial charge in [-0.1, -0.05) is 5.21 Å². The highest BCUT2D eigenvalue weighted by Crippen LogP contribution is 2.23. The van der Waals surface area contributed by atoms with E-state index in [1.54, 1.807) is 15.8 Å². The average molecular weight is 299 g/mol. The Labute approximate surface area is 117 Å². The second kappa shape index (κ2) is 4.81. The van der Waals surface area contributed by atoms with Gasteiger partial charge in [0.05, 0.1) is 25.0 Å². The molecule has 20 heavy (non-hydrogen) atoms. The summed E-state index contributed by atoms with van der Waals surface area (Å²) in [6.45, 7) is 2.13. The van der Waals surface area contributed by atoms with E-state index in [1.165, 1.54) is 10.6 Å². The molecule has 0 spiro atoms. The normalized spacial score (nSPS) is 21.4. The van der Waals surface area contributed by atoms with Crippen LogP contribution in [0.2, 0.25) is 0 Å². The van der Waals surface area contributed by atoms with Gasteiger partial charge in [-0.3, -0.25) is 4.79 Å². The Balaban J connectivity index is 1.60. The molecule has 0 saturated carbocycles. The molecule has 110 valence electrons. The van der Waals surface area contributed by atoms with Crippen molar-refractivity contribution >= 4 is 15.9 Å². The summed E-state index contributed by atoms with van der Waals surface area (Å²) in [5, 5.41) is 8.08. The Hall–Kier alpha value is -1.48.